The van der Waals surface area contributed by atoms with Crippen LogP contribution in [0.3, 0.4) is 0 Å². The molecule has 2 unspecified atom stereocenters. The highest BCUT2D eigenvalue weighted by atomic mass is 16.2. The molecule has 4 atom stereocenters. The Balaban J connectivity index is 1.07. The van der Waals surface area contributed by atoms with Gasteiger partial charge >= 0.3 is 0 Å². The first-order chi connectivity index (χ1) is 19.0. The van der Waals surface area contributed by atoms with Crippen LogP contribution < -0.4 is 10.6 Å². The first kappa shape index (κ1) is 24.1. The summed E-state index contributed by atoms with van der Waals surface area (Å²) in [6.07, 6.45) is 13.3. The third kappa shape index (κ3) is 4.82. The smallest absolute Gasteiger partial charge is 0.255 e. The van der Waals surface area contributed by atoms with E-state index < -0.39 is 0 Å². The van der Waals surface area contributed by atoms with E-state index in [0.29, 0.717) is 22.6 Å². The van der Waals surface area contributed by atoms with Crippen LogP contribution in [0.25, 0.3) is 22.4 Å². The number of benzene rings is 2. The summed E-state index contributed by atoms with van der Waals surface area (Å²) in [5.41, 5.74) is 4.39. The molecule has 0 spiro atoms. The predicted molar refractivity (Wildman–Crippen MR) is 151 cm³/mol. The fourth-order valence-electron chi connectivity index (χ4n) is 7.58. The Morgan fingerprint density at radius 3 is 2.33 bits per heavy atom. The number of pyridine rings is 1. The normalized spacial score (nSPS) is 25.7. The molecule has 0 radical (unpaired) electrons. The van der Waals surface area contributed by atoms with E-state index in [-0.39, 0.29) is 17.4 Å². The Hall–Kier alpha value is -4.00. The molecular weight excluding hydrogens is 486 g/mol. The highest BCUT2D eigenvalue weighted by molar-refractivity contribution is 6.04. The Morgan fingerprint density at radius 2 is 1.56 bits per heavy atom. The maximum absolute atomic E-state index is 13.5. The van der Waals surface area contributed by atoms with Crippen molar-refractivity contribution in [2.45, 2.75) is 56.9 Å². The van der Waals surface area contributed by atoms with Gasteiger partial charge in [0.1, 0.15) is 5.82 Å². The van der Waals surface area contributed by atoms with E-state index >= 15 is 0 Å². The number of nitrogens with one attached hydrogen (secondary N) is 3. The maximum atomic E-state index is 13.5. The van der Waals surface area contributed by atoms with E-state index in [4.69, 9.17) is 4.98 Å². The minimum Gasteiger partial charge on any atom is -0.347 e. The molecule has 4 fully saturated rings. The standard InChI is InChI=1S/C32H33N5O2/c38-30(34-26-9-12-33-13-10-26)24-5-3-23(4-6-24)29-35-27-8-7-25(17-28(27)36-29)31(39)37-32-11-1-2-20-14-21(18-32)16-22(15-20)19-32/h3-10,12-13,17,20-22H,1-2,11,14-16,18-19H2,(H,35,36)(H,37,39)(H,33,34,38)/t20?,21-,22+,32?. The number of nitrogens with zero attached hydrogens (tertiary/aromatic N) is 2. The molecule has 0 aliphatic heterocycles. The van der Waals surface area contributed by atoms with Crippen LogP contribution >= 0.6 is 0 Å². The van der Waals surface area contributed by atoms with Crippen molar-refractivity contribution in [2.75, 3.05) is 5.32 Å². The summed E-state index contributed by atoms with van der Waals surface area (Å²) >= 11 is 0. The second kappa shape index (κ2) is 9.63. The van der Waals surface area contributed by atoms with Crippen LogP contribution in [0, 0.1) is 17.8 Å². The third-order valence-electron chi connectivity index (χ3n) is 9.11. The highest BCUT2D eigenvalue weighted by Gasteiger charge is 2.46. The van der Waals surface area contributed by atoms with E-state index in [1.807, 2.05) is 30.3 Å². The van der Waals surface area contributed by atoms with Gasteiger partial charge in [0.25, 0.3) is 11.8 Å². The molecule has 2 heterocycles. The quantitative estimate of drug-likeness (QED) is 0.286. The van der Waals surface area contributed by atoms with Crippen LogP contribution in [-0.2, 0) is 0 Å². The van der Waals surface area contributed by atoms with Crippen molar-refractivity contribution in [3.05, 3.63) is 78.1 Å². The third-order valence-corrected chi connectivity index (χ3v) is 9.11. The van der Waals surface area contributed by atoms with Gasteiger partial charge in [-0.1, -0.05) is 25.0 Å². The summed E-state index contributed by atoms with van der Waals surface area (Å²) in [7, 11) is 0. The number of H-pyrrole nitrogens is 1. The molecule has 2 aromatic carbocycles. The number of hydrogen-bond acceptors (Lipinski definition) is 4. The Morgan fingerprint density at radius 1 is 0.846 bits per heavy atom. The van der Waals surface area contributed by atoms with E-state index in [2.05, 4.69) is 20.6 Å². The number of fused-ring (bicyclic) bond motifs is 3. The lowest BCUT2D eigenvalue weighted by atomic mass is 9.58. The van der Waals surface area contributed by atoms with Crippen molar-refractivity contribution in [3.63, 3.8) is 0 Å². The SMILES string of the molecule is O=C(Nc1ccncc1)c1ccc(-c2nc3ccc(C(=O)NC45CCCC6C[C@H](C[C@H](C6)C4)C5)cc3[nH]2)cc1. The van der Waals surface area contributed by atoms with Gasteiger partial charge in [-0.15, -0.1) is 0 Å². The number of imidazole rings is 1. The molecule has 4 aromatic rings. The van der Waals surface area contributed by atoms with Gasteiger partial charge in [-0.05, 0) is 98.7 Å². The number of carbonyl (C=O) groups is 2. The zero-order valence-electron chi connectivity index (χ0n) is 22.0. The molecule has 4 saturated carbocycles. The van der Waals surface area contributed by atoms with E-state index in [9.17, 15) is 9.59 Å². The first-order valence-electron chi connectivity index (χ1n) is 14.2. The largest absolute Gasteiger partial charge is 0.347 e. The minimum absolute atomic E-state index is 0.0229. The highest BCUT2D eigenvalue weighted by Crippen LogP contribution is 2.51. The lowest BCUT2D eigenvalue weighted by Gasteiger charge is -2.52. The molecule has 7 nitrogen and oxygen atoms in total. The van der Waals surface area contributed by atoms with Gasteiger partial charge in [-0.2, -0.15) is 0 Å². The average Bonchev–Trinajstić information content (AvgIpc) is 3.36. The number of amides is 2. The molecule has 4 bridgehead atoms. The second-order valence-electron chi connectivity index (χ2n) is 11.9. The summed E-state index contributed by atoms with van der Waals surface area (Å²) < 4.78 is 0. The van der Waals surface area contributed by atoms with Crippen molar-refractivity contribution in [1.29, 1.82) is 0 Å². The molecular formula is C32H33N5O2. The monoisotopic (exact) mass is 519 g/mol. The van der Waals surface area contributed by atoms with Crippen molar-refractivity contribution in [2.24, 2.45) is 17.8 Å². The molecule has 198 valence electrons. The topological polar surface area (TPSA) is 99.8 Å². The van der Waals surface area contributed by atoms with Crippen LogP contribution in [0.15, 0.2) is 67.0 Å². The van der Waals surface area contributed by atoms with Crippen LogP contribution in [0.5, 0.6) is 0 Å². The Kier molecular flexibility index (Phi) is 5.94. The van der Waals surface area contributed by atoms with E-state index in [0.717, 1.165) is 53.6 Å². The van der Waals surface area contributed by atoms with Crippen LogP contribution in [0.4, 0.5) is 5.69 Å². The molecule has 7 heteroatoms. The summed E-state index contributed by atoms with van der Waals surface area (Å²) in [6, 6.07) is 16.5. The summed E-state index contributed by atoms with van der Waals surface area (Å²) in [4.78, 5) is 38.1. The minimum atomic E-state index is -0.182. The van der Waals surface area contributed by atoms with Crippen molar-refractivity contribution in [3.8, 4) is 11.4 Å². The average molecular weight is 520 g/mol. The molecule has 3 N–H and O–H groups in total. The number of hydrogen-bond donors (Lipinski definition) is 3. The predicted octanol–water partition coefficient (Wildman–Crippen LogP) is 6.36. The zero-order chi connectivity index (χ0) is 26.4. The van der Waals surface area contributed by atoms with Gasteiger partial charge in [0.2, 0.25) is 0 Å². The van der Waals surface area contributed by atoms with Crippen LogP contribution in [-0.4, -0.2) is 32.3 Å². The second-order valence-corrected chi connectivity index (χ2v) is 11.9. The lowest BCUT2D eigenvalue weighted by Crippen LogP contribution is -2.55. The summed E-state index contributed by atoms with van der Waals surface area (Å²) in [6.45, 7) is 0. The molecule has 4 aliphatic carbocycles. The lowest BCUT2D eigenvalue weighted by molar-refractivity contribution is 0.0288. The zero-order valence-corrected chi connectivity index (χ0v) is 22.0. The molecule has 39 heavy (non-hydrogen) atoms. The fraction of sp³-hybridized carbons (Fsp3) is 0.375. The van der Waals surface area contributed by atoms with E-state index in [1.165, 1.54) is 32.1 Å². The van der Waals surface area contributed by atoms with Crippen molar-refractivity contribution < 1.29 is 9.59 Å². The molecule has 2 aromatic heterocycles. The van der Waals surface area contributed by atoms with Gasteiger partial charge in [-0.3, -0.25) is 14.6 Å². The number of rotatable bonds is 5. The van der Waals surface area contributed by atoms with Crippen molar-refractivity contribution >= 4 is 28.5 Å². The van der Waals surface area contributed by atoms with Crippen LogP contribution in [0.1, 0.15) is 72.1 Å². The molecule has 8 rings (SSSR count). The van der Waals surface area contributed by atoms with Gasteiger partial charge in [0.15, 0.2) is 0 Å². The van der Waals surface area contributed by atoms with Crippen LogP contribution in [0.2, 0.25) is 0 Å². The maximum Gasteiger partial charge on any atom is 0.255 e. The fourth-order valence-corrected chi connectivity index (χ4v) is 7.58. The number of anilines is 1. The van der Waals surface area contributed by atoms with Crippen molar-refractivity contribution in [1.82, 2.24) is 20.3 Å². The van der Waals surface area contributed by atoms with E-state index in [1.54, 1.807) is 36.7 Å². The van der Waals surface area contributed by atoms with Gasteiger partial charge in [-0.25, -0.2) is 4.98 Å². The number of aromatic amines is 1. The van der Waals surface area contributed by atoms with Gasteiger partial charge < -0.3 is 15.6 Å². The molecule has 2 amide bonds. The number of carbonyl (C=O) groups excluding carboxylic acids is 2. The Labute approximate surface area is 227 Å². The molecule has 0 saturated heterocycles. The van der Waals surface area contributed by atoms with Gasteiger partial charge in [0, 0.05) is 40.3 Å². The number of aromatic nitrogens is 3. The summed E-state index contributed by atoms with van der Waals surface area (Å²) in [5, 5.41) is 6.39. The molecule has 4 aliphatic rings. The first-order valence-corrected chi connectivity index (χ1v) is 14.2. The van der Waals surface area contributed by atoms with Gasteiger partial charge in [0.05, 0.1) is 11.0 Å². The summed E-state index contributed by atoms with van der Waals surface area (Å²) in [5.74, 6) is 3.01. The Bertz CT molecular complexity index is 1510.